The van der Waals surface area contributed by atoms with Gasteiger partial charge in [-0.1, -0.05) is 48.5 Å². The van der Waals surface area contributed by atoms with Gasteiger partial charge in [-0.05, 0) is 30.0 Å². The summed E-state index contributed by atoms with van der Waals surface area (Å²) < 4.78 is 0. The van der Waals surface area contributed by atoms with Crippen molar-refractivity contribution in [2.24, 2.45) is 0 Å². The Balaban J connectivity index is 0.000000185. The molecule has 0 amide bonds. The Morgan fingerprint density at radius 3 is 1.15 bits per heavy atom. The minimum Gasteiger partial charge on any atom is -0.0616 e. The van der Waals surface area contributed by atoms with Gasteiger partial charge < -0.3 is 0 Å². The van der Waals surface area contributed by atoms with Crippen LogP contribution >= 0.6 is 0 Å². The summed E-state index contributed by atoms with van der Waals surface area (Å²) in [6.07, 6.45) is 5.00. The van der Waals surface area contributed by atoms with Gasteiger partial charge in [0.2, 0.25) is 0 Å². The maximum absolute atomic E-state index is 2.25. The first-order chi connectivity index (χ1) is 6.47. The fourth-order valence-corrected chi connectivity index (χ4v) is 1.13. The van der Waals surface area contributed by atoms with Gasteiger partial charge in [0.25, 0.3) is 0 Å². The smallest absolute Gasteiger partial charge is 0.0184 e. The van der Waals surface area contributed by atoms with Crippen LogP contribution in [0.3, 0.4) is 0 Å². The van der Waals surface area contributed by atoms with Crippen LogP contribution in [0.25, 0.3) is 10.8 Å². The number of benzene rings is 2. The zero-order valence-corrected chi connectivity index (χ0v) is 7.61. The van der Waals surface area contributed by atoms with Crippen molar-refractivity contribution in [2.45, 2.75) is 12.8 Å². The van der Waals surface area contributed by atoms with E-state index in [2.05, 4.69) is 55.0 Å². The largest absolute Gasteiger partial charge is 0.0616 e. The lowest BCUT2D eigenvalue weighted by molar-refractivity contribution is 1.50. The third-order valence-corrected chi connectivity index (χ3v) is 1.95. The lowest BCUT2D eigenvalue weighted by atomic mass is 10.1. The second-order valence-corrected chi connectivity index (χ2v) is 3.21. The molecule has 0 nitrogen and oxygen atoms in total. The van der Waals surface area contributed by atoms with E-state index < -0.39 is 0 Å². The molecule has 0 aliphatic heterocycles. The van der Waals surface area contributed by atoms with Gasteiger partial charge in [0, 0.05) is 0 Å². The number of hydrogen-bond donors (Lipinski definition) is 0. The molecule has 0 bridgehead atoms. The van der Waals surface area contributed by atoms with Crippen LogP contribution in [0, 0.1) is 6.42 Å². The molecular formula is C13H13. The summed E-state index contributed by atoms with van der Waals surface area (Å²) in [7, 11) is 0. The summed E-state index contributed by atoms with van der Waals surface area (Å²) in [6.45, 7) is 0. The molecule has 0 heterocycles. The van der Waals surface area contributed by atoms with E-state index in [0.29, 0.717) is 0 Å². The van der Waals surface area contributed by atoms with Gasteiger partial charge in [-0.25, -0.2) is 0 Å². The standard InChI is InChI=1S/C10H8.C3H5/c1-2-6-10-8-4-3-7-9(10)5-1;1-2-3-1/h1-8H;1H,2-3H2. The average molecular weight is 169 g/mol. The summed E-state index contributed by atoms with van der Waals surface area (Å²) in [5.41, 5.74) is 0. The van der Waals surface area contributed by atoms with E-state index in [1.54, 1.807) is 0 Å². The molecule has 0 saturated heterocycles. The Bertz CT molecular complexity index is 306. The molecule has 1 fully saturated rings. The molecule has 0 unspecified atom stereocenters. The molecule has 0 heteroatoms. The SMILES string of the molecule is [CH]1CC1.c1ccc2ccccc2c1. The van der Waals surface area contributed by atoms with Crippen molar-refractivity contribution in [2.75, 3.05) is 0 Å². The Kier molecular flexibility index (Phi) is 2.61. The van der Waals surface area contributed by atoms with Crippen LogP contribution in [0.4, 0.5) is 0 Å². The third kappa shape index (κ3) is 2.59. The molecule has 0 spiro atoms. The van der Waals surface area contributed by atoms with E-state index in [1.807, 2.05) is 0 Å². The minimum atomic E-state index is 1.31. The zero-order valence-electron chi connectivity index (χ0n) is 7.61. The molecule has 65 valence electrons. The van der Waals surface area contributed by atoms with E-state index >= 15 is 0 Å². The van der Waals surface area contributed by atoms with Crippen LogP contribution < -0.4 is 0 Å². The molecule has 3 rings (SSSR count). The highest BCUT2D eigenvalue weighted by Crippen LogP contribution is 2.12. The molecule has 0 aromatic heterocycles. The van der Waals surface area contributed by atoms with Crippen molar-refractivity contribution in [3.05, 3.63) is 55.0 Å². The zero-order chi connectivity index (χ0) is 8.93. The van der Waals surface area contributed by atoms with Gasteiger partial charge in [0.1, 0.15) is 0 Å². The molecule has 0 N–H and O–H groups in total. The monoisotopic (exact) mass is 169 g/mol. The molecule has 0 atom stereocenters. The van der Waals surface area contributed by atoms with Gasteiger partial charge in [-0.2, -0.15) is 0 Å². The van der Waals surface area contributed by atoms with Crippen LogP contribution in [0.1, 0.15) is 12.8 Å². The summed E-state index contributed by atoms with van der Waals surface area (Å²) in [5, 5.41) is 2.62. The van der Waals surface area contributed by atoms with Crippen LogP contribution in [-0.2, 0) is 0 Å². The highest BCUT2D eigenvalue weighted by atomic mass is 14.0. The van der Waals surface area contributed by atoms with E-state index in [4.69, 9.17) is 0 Å². The fraction of sp³-hybridized carbons (Fsp3) is 0.154. The molecule has 1 aliphatic carbocycles. The average Bonchev–Trinajstić information content (AvgIpc) is 3.05. The Hall–Kier alpha value is -1.30. The third-order valence-electron chi connectivity index (χ3n) is 1.95. The molecular weight excluding hydrogens is 156 g/mol. The van der Waals surface area contributed by atoms with Crippen LogP contribution in [0.2, 0.25) is 0 Å². The normalized spacial score (nSPS) is 13.2. The molecule has 1 saturated carbocycles. The summed E-state index contributed by atoms with van der Waals surface area (Å²) in [5.74, 6) is 0. The summed E-state index contributed by atoms with van der Waals surface area (Å²) >= 11 is 0. The lowest BCUT2D eigenvalue weighted by Crippen LogP contribution is -1.67. The molecule has 1 aliphatic rings. The molecule has 2 aromatic rings. The van der Waals surface area contributed by atoms with Crippen molar-refractivity contribution < 1.29 is 0 Å². The summed E-state index contributed by atoms with van der Waals surface area (Å²) in [4.78, 5) is 0. The second kappa shape index (κ2) is 4.08. The van der Waals surface area contributed by atoms with Crippen LogP contribution in [0.5, 0.6) is 0 Å². The van der Waals surface area contributed by atoms with Crippen LogP contribution in [0.15, 0.2) is 48.5 Å². The lowest BCUT2D eigenvalue weighted by Gasteiger charge is -1.92. The van der Waals surface area contributed by atoms with Gasteiger partial charge >= 0.3 is 0 Å². The topological polar surface area (TPSA) is 0 Å². The van der Waals surface area contributed by atoms with E-state index in [-0.39, 0.29) is 0 Å². The van der Waals surface area contributed by atoms with Gasteiger partial charge in [-0.15, -0.1) is 0 Å². The molecule has 2 aromatic carbocycles. The predicted octanol–water partition coefficient (Wildman–Crippen LogP) is 3.82. The first-order valence-electron chi connectivity index (χ1n) is 4.72. The fourth-order valence-electron chi connectivity index (χ4n) is 1.13. The molecule has 13 heavy (non-hydrogen) atoms. The first kappa shape index (κ1) is 8.31. The Labute approximate surface area is 79.2 Å². The maximum Gasteiger partial charge on any atom is -0.0184 e. The van der Waals surface area contributed by atoms with Gasteiger partial charge in [0.05, 0.1) is 0 Å². The van der Waals surface area contributed by atoms with Crippen molar-refractivity contribution in [1.29, 1.82) is 0 Å². The summed E-state index contributed by atoms with van der Waals surface area (Å²) in [6, 6.07) is 16.7. The van der Waals surface area contributed by atoms with Gasteiger partial charge in [0.15, 0.2) is 0 Å². The maximum atomic E-state index is 2.25. The Morgan fingerprint density at radius 2 is 0.923 bits per heavy atom. The van der Waals surface area contributed by atoms with E-state index in [1.165, 1.54) is 23.6 Å². The van der Waals surface area contributed by atoms with Crippen molar-refractivity contribution in [1.82, 2.24) is 0 Å². The van der Waals surface area contributed by atoms with E-state index in [0.717, 1.165) is 0 Å². The Morgan fingerprint density at radius 1 is 0.615 bits per heavy atom. The number of fused-ring (bicyclic) bond motifs is 1. The second-order valence-electron chi connectivity index (χ2n) is 3.21. The molecule has 1 radical (unpaired) electrons. The number of hydrogen-bond acceptors (Lipinski definition) is 0. The van der Waals surface area contributed by atoms with Crippen molar-refractivity contribution >= 4 is 10.8 Å². The highest BCUT2D eigenvalue weighted by Gasteiger charge is 1.95. The number of rotatable bonds is 0. The van der Waals surface area contributed by atoms with E-state index in [9.17, 15) is 0 Å². The van der Waals surface area contributed by atoms with Crippen LogP contribution in [-0.4, -0.2) is 0 Å². The van der Waals surface area contributed by atoms with Crippen molar-refractivity contribution in [3.8, 4) is 0 Å². The van der Waals surface area contributed by atoms with Crippen molar-refractivity contribution in [3.63, 3.8) is 0 Å². The van der Waals surface area contributed by atoms with Gasteiger partial charge in [-0.3, -0.25) is 0 Å². The predicted molar refractivity (Wildman–Crippen MR) is 57.5 cm³/mol. The quantitative estimate of drug-likeness (QED) is 0.562. The minimum absolute atomic E-state index is 1.31. The highest BCUT2D eigenvalue weighted by molar-refractivity contribution is 5.81. The first-order valence-corrected chi connectivity index (χ1v) is 4.72.